The van der Waals surface area contributed by atoms with Crippen molar-refractivity contribution in [3.05, 3.63) is 0 Å². The van der Waals surface area contributed by atoms with Crippen molar-refractivity contribution in [3.63, 3.8) is 0 Å². The first-order valence-corrected chi connectivity index (χ1v) is 8.49. The van der Waals surface area contributed by atoms with Gasteiger partial charge in [-0.15, -0.1) is 0 Å². The Morgan fingerprint density at radius 2 is 1.77 bits per heavy atom. The van der Waals surface area contributed by atoms with Gasteiger partial charge in [-0.25, -0.2) is 0 Å². The van der Waals surface area contributed by atoms with E-state index in [1.807, 2.05) is 0 Å². The standard InChI is InChI=1S/C17H34O5/c1-5-15(3)9-20-13-17(6-2,12-19-8-7-18-4)14-21-10-16-11-22-16/h15-16H,5-14H2,1-4H3. The minimum absolute atomic E-state index is 0.0872. The third-order valence-electron chi connectivity index (χ3n) is 4.21. The molecule has 0 aromatic rings. The lowest BCUT2D eigenvalue weighted by atomic mass is 9.88. The quantitative estimate of drug-likeness (QED) is 0.343. The minimum Gasteiger partial charge on any atom is -0.382 e. The molecule has 0 spiro atoms. The second-order valence-electron chi connectivity index (χ2n) is 6.40. The number of ether oxygens (including phenoxy) is 5. The average molecular weight is 318 g/mol. The van der Waals surface area contributed by atoms with Gasteiger partial charge in [-0.1, -0.05) is 27.2 Å². The normalized spacial score (nSPS) is 21.5. The van der Waals surface area contributed by atoms with E-state index < -0.39 is 0 Å². The molecule has 1 saturated heterocycles. The molecule has 0 aliphatic carbocycles. The maximum absolute atomic E-state index is 5.95. The Morgan fingerprint density at radius 1 is 1.09 bits per heavy atom. The Balaban J connectivity index is 2.38. The van der Waals surface area contributed by atoms with E-state index >= 15 is 0 Å². The van der Waals surface area contributed by atoms with Crippen molar-refractivity contribution < 1.29 is 23.7 Å². The fourth-order valence-electron chi connectivity index (χ4n) is 2.03. The summed E-state index contributed by atoms with van der Waals surface area (Å²) in [6.45, 7) is 12.0. The molecular weight excluding hydrogens is 284 g/mol. The number of hydrogen-bond donors (Lipinski definition) is 0. The van der Waals surface area contributed by atoms with Crippen LogP contribution < -0.4 is 0 Å². The van der Waals surface area contributed by atoms with Crippen LogP contribution in [0.4, 0.5) is 0 Å². The largest absolute Gasteiger partial charge is 0.382 e. The highest BCUT2D eigenvalue weighted by Crippen LogP contribution is 2.25. The van der Waals surface area contributed by atoms with Crippen LogP contribution >= 0.6 is 0 Å². The van der Waals surface area contributed by atoms with E-state index in [2.05, 4.69) is 20.8 Å². The molecule has 0 aromatic carbocycles. The van der Waals surface area contributed by atoms with Crippen molar-refractivity contribution in [2.75, 3.05) is 60.0 Å². The molecule has 22 heavy (non-hydrogen) atoms. The first kappa shape index (κ1) is 19.8. The van der Waals surface area contributed by atoms with Crippen LogP contribution in [0.2, 0.25) is 0 Å². The van der Waals surface area contributed by atoms with Crippen molar-refractivity contribution in [1.29, 1.82) is 0 Å². The zero-order valence-corrected chi connectivity index (χ0v) is 14.8. The number of epoxide rings is 1. The minimum atomic E-state index is -0.0872. The summed E-state index contributed by atoms with van der Waals surface area (Å²) in [6, 6.07) is 0. The van der Waals surface area contributed by atoms with Crippen LogP contribution in [0.3, 0.4) is 0 Å². The van der Waals surface area contributed by atoms with Crippen molar-refractivity contribution in [1.82, 2.24) is 0 Å². The molecule has 1 aliphatic rings. The first-order valence-electron chi connectivity index (χ1n) is 8.49. The number of rotatable bonds is 15. The summed E-state index contributed by atoms with van der Waals surface area (Å²) in [5.41, 5.74) is -0.0872. The van der Waals surface area contributed by atoms with E-state index in [0.29, 0.717) is 51.7 Å². The predicted molar refractivity (Wildman–Crippen MR) is 86.3 cm³/mol. The molecule has 3 unspecified atom stereocenters. The fraction of sp³-hybridized carbons (Fsp3) is 1.00. The van der Waals surface area contributed by atoms with Crippen LogP contribution in [0.5, 0.6) is 0 Å². The molecule has 0 amide bonds. The molecule has 0 radical (unpaired) electrons. The Kier molecular flexibility index (Phi) is 10.2. The lowest BCUT2D eigenvalue weighted by Gasteiger charge is -2.32. The van der Waals surface area contributed by atoms with E-state index in [0.717, 1.165) is 26.1 Å². The molecule has 1 rings (SSSR count). The summed E-state index contributed by atoms with van der Waals surface area (Å²) < 4.78 is 27.8. The lowest BCUT2D eigenvalue weighted by molar-refractivity contribution is -0.0817. The monoisotopic (exact) mass is 318 g/mol. The van der Waals surface area contributed by atoms with E-state index in [1.165, 1.54) is 0 Å². The van der Waals surface area contributed by atoms with Gasteiger partial charge in [0.2, 0.25) is 0 Å². The Morgan fingerprint density at radius 3 is 2.36 bits per heavy atom. The SMILES string of the molecule is CCC(C)COCC(CC)(COCCOC)COCC1CO1. The Labute approximate surface area is 135 Å². The van der Waals surface area contributed by atoms with Crippen LogP contribution in [0, 0.1) is 11.3 Å². The molecule has 0 saturated carbocycles. The summed E-state index contributed by atoms with van der Waals surface area (Å²) >= 11 is 0. The van der Waals surface area contributed by atoms with Crippen molar-refractivity contribution in [2.24, 2.45) is 11.3 Å². The van der Waals surface area contributed by atoms with Gasteiger partial charge < -0.3 is 23.7 Å². The predicted octanol–water partition coefficient (Wildman–Crippen LogP) is 2.52. The van der Waals surface area contributed by atoms with Gasteiger partial charge in [0.25, 0.3) is 0 Å². The molecule has 1 fully saturated rings. The molecular formula is C17H34O5. The Hall–Kier alpha value is -0.200. The van der Waals surface area contributed by atoms with E-state index in [4.69, 9.17) is 23.7 Å². The summed E-state index contributed by atoms with van der Waals surface area (Å²) in [5.74, 6) is 0.588. The van der Waals surface area contributed by atoms with Gasteiger partial charge in [-0.3, -0.25) is 0 Å². The first-order chi connectivity index (χ1) is 10.7. The van der Waals surface area contributed by atoms with Crippen LogP contribution in [-0.2, 0) is 23.7 Å². The smallest absolute Gasteiger partial charge is 0.104 e. The highest BCUT2D eigenvalue weighted by Gasteiger charge is 2.31. The molecule has 5 nitrogen and oxygen atoms in total. The zero-order valence-electron chi connectivity index (χ0n) is 14.8. The maximum atomic E-state index is 5.95. The summed E-state index contributed by atoms with van der Waals surface area (Å²) in [7, 11) is 1.68. The molecule has 0 bridgehead atoms. The van der Waals surface area contributed by atoms with E-state index in [-0.39, 0.29) is 5.41 Å². The third kappa shape index (κ3) is 8.44. The highest BCUT2D eigenvalue weighted by molar-refractivity contribution is 4.79. The van der Waals surface area contributed by atoms with Crippen LogP contribution in [0.15, 0.2) is 0 Å². The molecule has 0 aromatic heterocycles. The third-order valence-corrected chi connectivity index (χ3v) is 4.21. The number of hydrogen-bond acceptors (Lipinski definition) is 5. The van der Waals surface area contributed by atoms with E-state index in [1.54, 1.807) is 7.11 Å². The van der Waals surface area contributed by atoms with Gasteiger partial charge in [0.15, 0.2) is 0 Å². The van der Waals surface area contributed by atoms with Gasteiger partial charge in [0, 0.05) is 19.1 Å². The molecule has 132 valence electrons. The van der Waals surface area contributed by atoms with Gasteiger partial charge in [-0.05, 0) is 12.3 Å². The maximum Gasteiger partial charge on any atom is 0.104 e. The zero-order chi connectivity index (χ0) is 16.3. The van der Waals surface area contributed by atoms with Crippen LogP contribution in [0.1, 0.15) is 33.6 Å². The molecule has 1 heterocycles. The fourth-order valence-corrected chi connectivity index (χ4v) is 2.03. The Bertz CT molecular complexity index is 270. The van der Waals surface area contributed by atoms with Crippen LogP contribution in [0.25, 0.3) is 0 Å². The molecule has 3 atom stereocenters. The summed E-state index contributed by atoms with van der Waals surface area (Å²) in [6.07, 6.45) is 2.40. The lowest BCUT2D eigenvalue weighted by Crippen LogP contribution is -2.38. The molecule has 0 N–H and O–H groups in total. The second-order valence-corrected chi connectivity index (χ2v) is 6.40. The molecule has 1 aliphatic heterocycles. The van der Waals surface area contributed by atoms with Gasteiger partial charge in [-0.2, -0.15) is 0 Å². The van der Waals surface area contributed by atoms with Gasteiger partial charge in [0.1, 0.15) is 6.10 Å². The van der Waals surface area contributed by atoms with E-state index in [9.17, 15) is 0 Å². The van der Waals surface area contributed by atoms with Gasteiger partial charge >= 0.3 is 0 Å². The average Bonchev–Trinajstić information content (AvgIpc) is 3.35. The van der Waals surface area contributed by atoms with Gasteiger partial charge in [0.05, 0.1) is 46.2 Å². The van der Waals surface area contributed by atoms with Crippen LogP contribution in [-0.4, -0.2) is 66.1 Å². The summed E-state index contributed by atoms with van der Waals surface area (Å²) in [5, 5.41) is 0. The van der Waals surface area contributed by atoms with Crippen molar-refractivity contribution >= 4 is 0 Å². The molecule has 5 heteroatoms. The topological polar surface area (TPSA) is 49.5 Å². The van der Waals surface area contributed by atoms with Crippen molar-refractivity contribution in [2.45, 2.75) is 39.7 Å². The second kappa shape index (κ2) is 11.4. The van der Waals surface area contributed by atoms with Crippen molar-refractivity contribution in [3.8, 4) is 0 Å². The highest BCUT2D eigenvalue weighted by atomic mass is 16.6. The number of methoxy groups -OCH3 is 1. The summed E-state index contributed by atoms with van der Waals surface area (Å²) in [4.78, 5) is 0.